The zero-order chi connectivity index (χ0) is 19.2. The van der Waals surface area contributed by atoms with E-state index in [2.05, 4.69) is 16.8 Å². The Kier molecular flexibility index (Phi) is 6.08. The summed E-state index contributed by atoms with van der Waals surface area (Å²) in [6, 6.07) is 7.35. The number of amides is 1. The molecular weight excluding hydrogens is 359 g/mol. The van der Waals surface area contributed by atoms with Gasteiger partial charge in [-0.1, -0.05) is 6.07 Å². The topological polar surface area (TPSA) is 96.4 Å². The van der Waals surface area contributed by atoms with E-state index in [-0.39, 0.29) is 17.7 Å². The molecule has 1 unspecified atom stereocenters. The molecule has 2 N–H and O–H groups in total. The molecule has 0 aliphatic heterocycles. The lowest BCUT2D eigenvalue weighted by molar-refractivity contribution is -0.131. The third-order valence-electron chi connectivity index (χ3n) is 3.92. The molecule has 1 amide bonds. The standard InChI is InChI=1S/C18H17FN2O4S/c1-2-3-10-18(17(22)21-23,12-14-5-4-11-20-13-14)26(24,25)16-8-6-15(19)7-9-16/h4-9,11,13,23H,10,12H2,1H3,(H,21,22). The van der Waals surface area contributed by atoms with Crippen molar-refractivity contribution in [3.8, 4) is 11.8 Å². The van der Waals surface area contributed by atoms with Crippen LogP contribution in [0.1, 0.15) is 18.9 Å². The molecular formula is C18H17FN2O4S. The van der Waals surface area contributed by atoms with Crippen LogP contribution in [0.15, 0.2) is 53.7 Å². The highest BCUT2D eigenvalue weighted by Gasteiger charge is 2.51. The maximum Gasteiger partial charge on any atom is 0.266 e. The number of hydrogen-bond donors (Lipinski definition) is 2. The highest BCUT2D eigenvalue weighted by Crippen LogP contribution is 2.33. The van der Waals surface area contributed by atoms with Gasteiger partial charge in [0.1, 0.15) is 5.82 Å². The van der Waals surface area contributed by atoms with Gasteiger partial charge in [-0.25, -0.2) is 18.3 Å². The van der Waals surface area contributed by atoms with Gasteiger partial charge in [0.25, 0.3) is 5.91 Å². The predicted octanol–water partition coefficient (Wildman–Crippen LogP) is 1.89. The molecule has 8 heteroatoms. The van der Waals surface area contributed by atoms with Crippen LogP contribution in [0, 0.1) is 17.7 Å². The van der Waals surface area contributed by atoms with Crippen molar-refractivity contribution in [2.45, 2.75) is 29.4 Å². The van der Waals surface area contributed by atoms with Gasteiger partial charge in [0.2, 0.25) is 0 Å². The second-order valence-electron chi connectivity index (χ2n) is 5.53. The normalized spacial score (nSPS) is 13.2. The third kappa shape index (κ3) is 3.74. The number of hydrogen-bond acceptors (Lipinski definition) is 5. The highest BCUT2D eigenvalue weighted by molar-refractivity contribution is 7.93. The molecule has 0 saturated carbocycles. The van der Waals surface area contributed by atoms with Crippen molar-refractivity contribution in [2.75, 3.05) is 0 Å². The molecule has 1 heterocycles. The molecule has 2 rings (SSSR count). The molecule has 1 aromatic heterocycles. The zero-order valence-corrected chi connectivity index (χ0v) is 14.8. The molecule has 0 saturated heterocycles. The van der Waals surface area contributed by atoms with E-state index in [4.69, 9.17) is 0 Å². The van der Waals surface area contributed by atoms with Gasteiger partial charge < -0.3 is 0 Å². The Morgan fingerprint density at radius 3 is 2.54 bits per heavy atom. The van der Waals surface area contributed by atoms with Crippen molar-refractivity contribution in [2.24, 2.45) is 0 Å². The summed E-state index contributed by atoms with van der Waals surface area (Å²) < 4.78 is 37.7. The Morgan fingerprint density at radius 2 is 2.00 bits per heavy atom. The molecule has 0 radical (unpaired) electrons. The number of halogens is 1. The summed E-state index contributed by atoms with van der Waals surface area (Å²) in [7, 11) is -4.33. The van der Waals surface area contributed by atoms with Gasteiger partial charge in [0, 0.05) is 25.2 Å². The molecule has 136 valence electrons. The summed E-state index contributed by atoms with van der Waals surface area (Å²) >= 11 is 0. The molecule has 0 aliphatic rings. The third-order valence-corrected chi connectivity index (χ3v) is 6.31. The number of nitrogens with zero attached hydrogens (tertiary/aromatic N) is 1. The van der Waals surface area contributed by atoms with Crippen LogP contribution >= 0.6 is 0 Å². The lowest BCUT2D eigenvalue weighted by Crippen LogP contribution is -2.53. The highest BCUT2D eigenvalue weighted by atomic mass is 32.2. The van der Waals surface area contributed by atoms with Crippen molar-refractivity contribution < 1.29 is 22.8 Å². The lowest BCUT2D eigenvalue weighted by Gasteiger charge is -2.29. The quantitative estimate of drug-likeness (QED) is 0.347. The average Bonchev–Trinajstić information content (AvgIpc) is 2.65. The number of carbonyl (C=O) groups is 1. The number of sulfone groups is 1. The number of hydroxylamine groups is 1. The Bertz CT molecular complexity index is 935. The van der Waals surface area contributed by atoms with Crippen molar-refractivity contribution in [3.05, 3.63) is 60.2 Å². The van der Waals surface area contributed by atoms with E-state index in [0.717, 1.165) is 24.3 Å². The molecule has 0 fully saturated rings. The van der Waals surface area contributed by atoms with Gasteiger partial charge >= 0.3 is 0 Å². The Balaban J connectivity index is 2.68. The average molecular weight is 376 g/mol. The predicted molar refractivity (Wildman–Crippen MR) is 92.3 cm³/mol. The number of rotatable bonds is 6. The fourth-order valence-corrected chi connectivity index (χ4v) is 4.39. The first-order valence-electron chi connectivity index (χ1n) is 7.60. The molecule has 0 spiro atoms. The van der Waals surface area contributed by atoms with Crippen LogP contribution in [-0.2, 0) is 21.1 Å². The van der Waals surface area contributed by atoms with E-state index in [1.54, 1.807) is 12.1 Å². The first-order valence-corrected chi connectivity index (χ1v) is 9.09. The van der Waals surface area contributed by atoms with Gasteiger partial charge in [0.15, 0.2) is 14.6 Å². The van der Waals surface area contributed by atoms with E-state index >= 15 is 0 Å². The number of aromatic nitrogens is 1. The summed E-state index contributed by atoms with van der Waals surface area (Å²) in [5, 5.41) is 9.21. The van der Waals surface area contributed by atoms with Crippen LogP contribution in [0.5, 0.6) is 0 Å². The van der Waals surface area contributed by atoms with Gasteiger partial charge in [-0.05, 0) is 42.8 Å². The number of benzene rings is 1. The minimum absolute atomic E-state index is 0.246. The van der Waals surface area contributed by atoms with Crippen LogP contribution in [-0.4, -0.2) is 29.3 Å². The van der Waals surface area contributed by atoms with Crippen molar-refractivity contribution >= 4 is 15.7 Å². The summed E-state index contributed by atoms with van der Waals surface area (Å²) in [4.78, 5) is 16.2. The molecule has 0 bridgehead atoms. The fourth-order valence-electron chi connectivity index (χ4n) is 2.54. The van der Waals surface area contributed by atoms with E-state index in [1.807, 2.05) is 0 Å². The van der Waals surface area contributed by atoms with E-state index in [0.29, 0.717) is 5.56 Å². The first-order chi connectivity index (χ1) is 12.4. The van der Waals surface area contributed by atoms with Gasteiger partial charge in [-0.15, -0.1) is 11.8 Å². The van der Waals surface area contributed by atoms with Crippen molar-refractivity contribution in [1.82, 2.24) is 10.5 Å². The van der Waals surface area contributed by atoms with Crippen molar-refractivity contribution in [1.29, 1.82) is 0 Å². The van der Waals surface area contributed by atoms with Gasteiger partial charge in [0.05, 0.1) is 4.90 Å². The summed E-state index contributed by atoms with van der Waals surface area (Å²) in [6.07, 6.45) is 2.32. The molecule has 0 aliphatic carbocycles. The minimum atomic E-state index is -4.33. The minimum Gasteiger partial charge on any atom is -0.289 e. The van der Waals surface area contributed by atoms with E-state index in [9.17, 15) is 22.8 Å². The van der Waals surface area contributed by atoms with Crippen molar-refractivity contribution in [3.63, 3.8) is 0 Å². The van der Waals surface area contributed by atoms with Crippen LogP contribution in [0.3, 0.4) is 0 Å². The molecule has 26 heavy (non-hydrogen) atoms. The Morgan fingerprint density at radius 1 is 1.31 bits per heavy atom. The summed E-state index contributed by atoms with van der Waals surface area (Å²) in [5.74, 6) is 3.46. The number of carbonyl (C=O) groups excluding carboxylic acids is 1. The Labute approximate surface area is 151 Å². The first kappa shape index (κ1) is 19.6. The molecule has 1 atom stereocenters. The number of nitrogens with one attached hydrogen (secondary N) is 1. The van der Waals surface area contributed by atoms with Gasteiger partial charge in [-0.3, -0.25) is 15.0 Å². The lowest BCUT2D eigenvalue weighted by atomic mass is 9.95. The molecule has 6 nitrogen and oxygen atoms in total. The number of pyridine rings is 1. The second kappa shape index (κ2) is 8.08. The molecule has 2 aromatic rings. The van der Waals surface area contributed by atoms with E-state index in [1.165, 1.54) is 24.8 Å². The zero-order valence-electron chi connectivity index (χ0n) is 13.9. The summed E-state index contributed by atoms with van der Waals surface area (Å²) in [6.45, 7) is 1.51. The maximum atomic E-state index is 13.3. The van der Waals surface area contributed by atoms with Crippen LogP contribution in [0.25, 0.3) is 0 Å². The smallest absolute Gasteiger partial charge is 0.266 e. The van der Waals surface area contributed by atoms with Crippen LogP contribution < -0.4 is 5.48 Å². The Hall–Kier alpha value is -2.76. The largest absolute Gasteiger partial charge is 0.289 e. The summed E-state index contributed by atoms with van der Waals surface area (Å²) in [5.41, 5.74) is 1.91. The fraction of sp³-hybridized carbons (Fsp3) is 0.222. The maximum absolute atomic E-state index is 13.3. The molecule has 1 aromatic carbocycles. The van der Waals surface area contributed by atoms with Crippen LogP contribution in [0.4, 0.5) is 4.39 Å². The van der Waals surface area contributed by atoms with Gasteiger partial charge in [-0.2, -0.15) is 0 Å². The van der Waals surface area contributed by atoms with Crippen LogP contribution in [0.2, 0.25) is 0 Å². The monoisotopic (exact) mass is 376 g/mol. The second-order valence-corrected chi connectivity index (χ2v) is 7.79. The SMILES string of the molecule is CC#CCC(Cc1cccnc1)(C(=O)NO)S(=O)(=O)c1ccc(F)cc1. The van der Waals surface area contributed by atoms with E-state index < -0.39 is 26.3 Å².